The molecule has 0 aliphatic carbocycles. The molecule has 0 bridgehead atoms. The minimum absolute atomic E-state index is 0.281. The summed E-state index contributed by atoms with van der Waals surface area (Å²) in [6.07, 6.45) is 1.53. The average molecular weight is 310 g/mol. The summed E-state index contributed by atoms with van der Waals surface area (Å²) in [4.78, 5) is 2.07. The fourth-order valence-corrected chi connectivity index (χ4v) is 2.99. The Morgan fingerprint density at radius 3 is 2.30 bits per heavy atom. The van der Waals surface area contributed by atoms with E-state index in [0.717, 1.165) is 29.7 Å². The minimum atomic E-state index is -0.759. The molecule has 120 valence electrons. The lowest BCUT2D eigenvalue weighted by Crippen LogP contribution is -2.31. The molecule has 0 aliphatic heterocycles. The first-order valence-corrected chi connectivity index (χ1v) is 7.94. The number of aryl methyl sites for hydroxylation is 1. The number of hydrogen-bond acceptors (Lipinski definition) is 2. The van der Waals surface area contributed by atoms with E-state index in [9.17, 15) is 9.65 Å². The van der Waals surface area contributed by atoms with E-state index in [1.165, 1.54) is 12.1 Å². The smallest absolute Gasteiger partial charge is 0.123 e. The molecular formula is C20H23FN2. The molecule has 0 spiro atoms. The van der Waals surface area contributed by atoms with Crippen LogP contribution in [0.5, 0.6) is 0 Å². The average Bonchev–Trinajstić information content (AvgIpc) is 2.57. The van der Waals surface area contributed by atoms with E-state index >= 15 is 0 Å². The van der Waals surface area contributed by atoms with Crippen LogP contribution in [0.3, 0.4) is 0 Å². The molecule has 1 atom stereocenters. The van der Waals surface area contributed by atoms with Gasteiger partial charge in [-0.25, -0.2) is 4.39 Å². The number of benzene rings is 2. The van der Waals surface area contributed by atoms with Gasteiger partial charge in [-0.05, 0) is 62.3 Å². The van der Waals surface area contributed by atoms with Crippen molar-refractivity contribution in [3.63, 3.8) is 0 Å². The van der Waals surface area contributed by atoms with Gasteiger partial charge in [0.1, 0.15) is 11.2 Å². The van der Waals surface area contributed by atoms with E-state index in [-0.39, 0.29) is 5.82 Å². The molecule has 0 aliphatic rings. The molecule has 0 heterocycles. The maximum Gasteiger partial charge on any atom is 0.123 e. The topological polar surface area (TPSA) is 27.0 Å². The van der Waals surface area contributed by atoms with Crippen LogP contribution in [-0.2, 0) is 11.8 Å². The molecule has 0 saturated carbocycles. The van der Waals surface area contributed by atoms with E-state index in [4.69, 9.17) is 0 Å². The van der Waals surface area contributed by atoms with Crippen LogP contribution in [0, 0.1) is 17.1 Å². The quantitative estimate of drug-likeness (QED) is 0.801. The van der Waals surface area contributed by atoms with Gasteiger partial charge in [0.2, 0.25) is 0 Å². The Labute approximate surface area is 138 Å². The number of rotatable bonds is 6. The van der Waals surface area contributed by atoms with Gasteiger partial charge >= 0.3 is 0 Å². The Kier molecular flexibility index (Phi) is 5.52. The standard InChI is InChI=1S/C20H23FN2/c1-4-16-7-5-6-8-19(16)20(15-22,13-14-23(2)3)17-9-11-18(21)12-10-17/h5-12H,4,13-14H2,1-3H3. The van der Waals surface area contributed by atoms with Gasteiger partial charge in [0.05, 0.1) is 6.07 Å². The first-order valence-electron chi connectivity index (χ1n) is 7.94. The number of nitriles is 1. The summed E-state index contributed by atoms with van der Waals surface area (Å²) in [7, 11) is 4.00. The van der Waals surface area contributed by atoms with Crippen molar-refractivity contribution in [3.05, 3.63) is 71.0 Å². The number of halogens is 1. The maximum atomic E-state index is 13.3. The highest BCUT2D eigenvalue weighted by atomic mass is 19.1. The normalized spacial score (nSPS) is 13.6. The van der Waals surface area contributed by atoms with E-state index in [1.807, 2.05) is 32.3 Å². The zero-order valence-corrected chi connectivity index (χ0v) is 14.0. The van der Waals surface area contributed by atoms with Crippen molar-refractivity contribution in [2.45, 2.75) is 25.2 Å². The van der Waals surface area contributed by atoms with Gasteiger partial charge in [0, 0.05) is 0 Å². The SMILES string of the molecule is CCc1ccccc1C(C#N)(CCN(C)C)c1ccc(F)cc1. The second-order valence-electron chi connectivity index (χ2n) is 6.09. The molecule has 0 aromatic heterocycles. The molecule has 2 rings (SSSR count). The molecule has 1 unspecified atom stereocenters. The number of hydrogen-bond donors (Lipinski definition) is 0. The van der Waals surface area contributed by atoms with Crippen molar-refractivity contribution in [1.29, 1.82) is 5.26 Å². The Balaban J connectivity index is 2.62. The monoisotopic (exact) mass is 310 g/mol. The lowest BCUT2D eigenvalue weighted by molar-refractivity contribution is 0.370. The molecule has 0 amide bonds. The van der Waals surface area contributed by atoms with Gasteiger partial charge < -0.3 is 4.90 Å². The lowest BCUT2D eigenvalue weighted by Gasteiger charge is -2.31. The summed E-state index contributed by atoms with van der Waals surface area (Å²) in [5, 5.41) is 10.1. The Hall–Kier alpha value is -2.18. The van der Waals surface area contributed by atoms with E-state index in [2.05, 4.69) is 24.0 Å². The molecule has 0 fully saturated rings. The lowest BCUT2D eigenvalue weighted by atomic mass is 9.71. The summed E-state index contributed by atoms with van der Waals surface area (Å²) in [5.41, 5.74) is 2.28. The van der Waals surface area contributed by atoms with Crippen LogP contribution in [0.15, 0.2) is 48.5 Å². The third-order valence-electron chi connectivity index (χ3n) is 4.32. The van der Waals surface area contributed by atoms with Crippen LogP contribution in [0.4, 0.5) is 4.39 Å². The van der Waals surface area contributed by atoms with E-state index < -0.39 is 5.41 Å². The molecule has 2 aromatic rings. The van der Waals surface area contributed by atoms with Crippen LogP contribution in [-0.4, -0.2) is 25.5 Å². The van der Waals surface area contributed by atoms with Crippen LogP contribution >= 0.6 is 0 Å². The van der Waals surface area contributed by atoms with Crippen molar-refractivity contribution >= 4 is 0 Å². The third-order valence-corrected chi connectivity index (χ3v) is 4.32. The van der Waals surface area contributed by atoms with Crippen LogP contribution in [0.1, 0.15) is 30.0 Å². The Bertz CT molecular complexity index is 686. The largest absolute Gasteiger partial charge is 0.309 e. The van der Waals surface area contributed by atoms with Crippen LogP contribution in [0.2, 0.25) is 0 Å². The van der Waals surface area contributed by atoms with Gasteiger partial charge in [-0.15, -0.1) is 0 Å². The second kappa shape index (κ2) is 7.39. The molecule has 2 nitrogen and oxygen atoms in total. The van der Waals surface area contributed by atoms with Crippen molar-refractivity contribution < 1.29 is 4.39 Å². The maximum absolute atomic E-state index is 13.3. The van der Waals surface area contributed by atoms with Crippen molar-refractivity contribution in [2.75, 3.05) is 20.6 Å². The first-order chi connectivity index (χ1) is 11.0. The van der Waals surface area contributed by atoms with Crippen molar-refractivity contribution in [1.82, 2.24) is 4.90 Å². The predicted molar refractivity (Wildman–Crippen MR) is 91.8 cm³/mol. The van der Waals surface area contributed by atoms with Gasteiger partial charge in [-0.3, -0.25) is 0 Å². The minimum Gasteiger partial charge on any atom is -0.309 e. The molecule has 0 N–H and O–H groups in total. The van der Waals surface area contributed by atoms with Crippen LogP contribution in [0.25, 0.3) is 0 Å². The molecule has 3 heteroatoms. The molecule has 23 heavy (non-hydrogen) atoms. The van der Waals surface area contributed by atoms with E-state index in [0.29, 0.717) is 6.42 Å². The Morgan fingerprint density at radius 2 is 1.74 bits per heavy atom. The first kappa shape index (κ1) is 17.2. The highest BCUT2D eigenvalue weighted by Gasteiger charge is 2.35. The zero-order valence-electron chi connectivity index (χ0n) is 14.0. The number of nitrogens with zero attached hydrogens (tertiary/aromatic N) is 2. The highest BCUT2D eigenvalue weighted by molar-refractivity contribution is 5.49. The molecular weight excluding hydrogens is 287 g/mol. The second-order valence-corrected chi connectivity index (χ2v) is 6.09. The van der Waals surface area contributed by atoms with Crippen LogP contribution < -0.4 is 0 Å². The molecule has 0 saturated heterocycles. The summed E-state index contributed by atoms with van der Waals surface area (Å²) in [5.74, 6) is -0.281. The summed E-state index contributed by atoms with van der Waals surface area (Å²) in [6.45, 7) is 2.88. The fraction of sp³-hybridized carbons (Fsp3) is 0.350. The van der Waals surface area contributed by atoms with E-state index in [1.54, 1.807) is 12.1 Å². The van der Waals surface area contributed by atoms with Gasteiger partial charge in [-0.2, -0.15) is 5.26 Å². The van der Waals surface area contributed by atoms with Gasteiger partial charge in [0.15, 0.2) is 0 Å². The van der Waals surface area contributed by atoms with Gasteiger partial charge in [0.25, 0.3) is 0 Å². The summed E-state index contributed by atoms with van der Waals surface area (Å²) in [6, 6.07) is 17.0. The fourth-order valence-electron chi connectivity index (χ4n) is 2.99. The molecule has 0 radical (unpaired) electrons. The highest BCUT2D eigenvalue weighted by Crippen LogP contribution is 2.37. The van der Waals surface area contributed by atoms with Crippen molar-refractivity contribution in [2.24, 2.45) is 0 Å². The third kappa shape index (κ3) is 3.60. The van der Waals surface area contributed by atoms with Crippen molar-refractivity contribution in [3.8, 4) is 6.07 Å². The molecule has 2 aromatic carbocycles. The Morgan fingerprint density at radius 1 is 1.09 bits per heavy atom. The summed E-state index contributed by atoms with van der Waals surface area (Å²) < 4.78 is 13.3. The summed E-state index contributed by atoms with van der Waals surface area (Å²) >= 11 is 0. The predicted octanol–water partition coefficient (Wildman–Crippen LogP) is 4.15. The van der Waals surface area contributed by atoms with Gasteiger partial charge in [-0.1, -0.05) is 43.3 Å². The zero-order chi connectivity index (χ0) is 16.9.